The Morgan fingerprint density at radius 3 is 2.67 bits per heavy atom. The summed E-state index contributed by atoms with van der Waals surface area (Å²) < 4.78 is 13.5. The number of benzene rings is 2. The quantitative estimate of drug-likeness (QED) is 0.232. The van der Waals surface area contributed by atoms with Crippen LogP contribution in [0.1, 0.15) is 34.0 Å². The lowest BCUT2D eigenvalue weighted by Gasteiger charge is -2.14. The first-order valence-electron chi connectivity index (χ1n) is 9.98. The van der Waals surface area contributed by atoms with Crippen LogP contribution in [0.3, 0.4) is 0 Å². The number of Topliss-reactive ketones (excluding diaryl/α,β-unsaturated/α-hetero) is 1. The van der Waals surface area contributed by atoms with Crippen molar-refractivity contribution in [3.8, 4) is 11.5 Å². The van der Waals surface area contributed by atoms with Gasteiger partial charge < -0.3 is 9.47 Å². The molecule has 1 aliphatic heterocycles. The van der Waals surface area contributed by atoms with Crippen molar-refractivity contribution in [3.63, 3.8) is 0 Å². The molecule has 33 heavy (non-hydrogen) atoms. The molecule has 1 N–H and O–H groups in total. The summed E-state index contributed by atoms with van der Waals surface area (Å²) in [5.74, 6) is 0.465. The molecule has 0 amide bonds. The van der Waals surface area contributed by atoms with Crippen LogP contribution in [-0.4, -0.2) is 28.1 Å². The third-order valence-electron chi connectivity index (χ3n) is 4.86. The molecule has 4 rings (SSSR count). The maximum atomic E-state index is 13.1. The summed E-state index contributed by atoms with van der Waals surface area (Å²) in [7, 11) is 1.59. The Hall–Kier alpha value is -1.76. The molecule has 2 aromatic carbocycles. The van der Waals surface area contributed by atoms with Crippen LogP contribution in [0.4, 0.5) is 0 Å². The van der Waals surface area contributed by atoms with Crippen molar-refractivity contribution in [3.05, 3.63) is 70.5 Å². The number of hydrogen-bond acceptors (Lipinski definition) is 8. The predicted octanol–water partition coefficient (Wildman–Crippen LogP) is 6.47. The van der Waals surface area contributed by atoms with Gasteiger partial charge in [-0.1, -0.05) is 46.7 Å². The van der Waals surface area contributed by atoms with Crippen molar-refractivity contribution >= 4 is 78.5 Å². The predicted molar refractivity (Wildman–Crippen MR) is 145 cm³/mol. The second-order valence-electron chi connectivity index (χ2n) is 7.11. The fourth-order valence-electron chi connectivity index (χ4n) is 3.19. The third kappa shape index (κ3) is 5.50. The fraction of sp³-hybridized carbons (Fsp3) is 0.217. The summed E-state index contributed by atoms with van der Waals surface area (Å²) in [6.45, 7) is 2.41. The molecule has 1 fully saturated rings. The Kier molecular flexibility index (Phi) is 7.87. The minimum atomic E-state index is -0.659. The molecule has 1 aliphatic rings. The van der Waals surface area contributed by atoms with Crippen molar-refractivity contribution in [2.45, 2.75) is 25.9 Å². The smallest absolute Gasteiger partial charge is 0.186 e. The maximum absolute atomic E-state index is 13.1. The molecular formula is C23H19BrIN3O3S2. The largest absolute Gasteiger partial charge is 0.493 e. The molecule has 0 radical (unpaired) electrons. The maximum Gasteiger partial charge on any atom is 0.186 e. The number of nitrogens with one attached hydrogen (secondary N) is 1. The van der Waals surface area contributed by atoms with E-state index in [1.165, 1.54) is 23.1 Å². The Labute approximate surface area is 222 Å². The van der Waals surface area contributed by atoms with E-state index in [0.29, 0.717) is 28.0 Å². The minimum absolute atomic E-state index is 0.117. The zero-order valence-electron chi connectivity index (χ0n) is 17.7. The van der Waals surface area contributed by atoms with Gasteiger partial charge in [-0.15, -0.1) is 21.5 Å². The molecule has 0 saturated carbocycles. The van der Waals surface area contributed by atoms with E-state index in [4.69, 9.17) is 14.9 Å². The topological polar surface area (TPSA) is 85.2 Å². The molecule has 1 aromatic heterocycles. The Morgan fingerprint density at radius 2 is 2.00 bits per heavy atom. The standard InChI is InChI=1S/C23H19BrIN3O3S2/c1-3-18-27-28-23(33-18)19-20(29)17(32-22(19)26)10-13-8-15(25)21(16(9-13)30-2)31-11-12-4-6-14(24)7-5-12/h4-10,19,26H,3,11H2,1-2H3/b17-10-,26-22?/t19-/m0/s1. The highest BCUT2D eigenvalue weighted by molar-refractivity contribution is 14.1. The van der Waals surface area contributed by atoms with Gasteiger partial charge in [-0.2, -0.15) is 0 Å². The number of rotatable bonds is 7. The molecule has 0 bridgehead atoms. The highest BCUT2D eigenvalue weighted by Gasteiger charge is 2.39. The van der Waals surface area contributed by atoms with Crippen molar-refractivity contribution in [1.29, 1.82) is 5.41 Å². The van der Waals surface area contributed by atoms with Crippen LogP contribution in [0.2, 0.25) is 0 Å². The van der Waals surface area contributed by atoms with Gasteiger partial charge >= 0.3 is 0 Å². The van der Waals surface area contributed by atoms with Gasteiger partial charge in [0.05, 0.1) is 20.6 Å². The van der Waals surface area contributed by atoms with E-state index in [9.17, 15) is 4.79 Å². The van der Waals surface area contributed by atoms with Gasteiger partial charge in [0.2, 0.25) is 0 Å². The number of aryl methyl sites for hydroxylation is 1. The SMILES string of the molecule is CCc1nnc([C@@H]2C(=N)S/C(=C\c3cc(I)c(OCc4ccc(Br)cc4)c(OC)c3)C2=O)s1. The number of allylic oxidation sites excluding steroid dienone is 1. The Morgan fingerprint density at radius 1 is 1.24 bits per heavy atom. The highest BCUT2D eigenvalue weighted by Crippen LogP contribution is 2.42. The second-order valence-corrected chi connectivity index (χ2v) is 11.4. The lowest BCUT2D eigenvalue weighted by molar-refractivity contribution is -0.114. The van der Waals surface area contributed by atoms with Crippen LogP contribution in [0, 0.1) is 8.98 Å². The van der Waals surface area contributed by atoms with E-state index in [1.54, 1.807) is 13.2 Å². The lowest BCUT2D eigenvalue weighted by Crippen LogP contribution is -2.11. The first kappa shape index (κ1) is 24.4. The molecule has 10 heteroatoms. The molecule has 2 heterocycles. The Balaban J connectivity index is 1.56. The van der Waals surface area contributed by atoms with Crippen LogP contribution in [-0.2, 0) is 17.8 Å². The number of hydrogen-bond donors (Lipinski definition) is 1. The van der Waals surface area contributed by atoms with E-state index in [0.717, 1.165) is 30.6 Å². The number of carbonyl (C=O) groups excluding carboxylic acids is 1. The lowest BCUT2D eigenvalue weighted by atomic mass is 10.1. The molecule has 170 valence electrons. The number of aromatic nitrogens is 2. The van der Waals surface area contributed by atoms with Crippen LogP contribution in [0.25, 0.3) is 6.08 Å². The first-order valence-corrected chi connectivity index (χ1v) is 13.5. The number of nitrogens with zero attached hydrogens (tertiary/aromatic N) is 2. The van der Waals surface area contributed by atoms with Crippen molar-refractivity contribution in [2.75, 3.05) is 7.11 Å². The number of methoxy groups -OCH3 is 1. The fourth-order valence-corrected chi connectivity index (χ4v) is 6.19. The van der Waals surface area contributed by atoms with Gasteiger partial charge in [-0.3, -0.25) is 10.2 Å². The first-order chi connectivity index (χ1) is 15.9. The van der Waals surface area contributed by atoms with Crippen LogP contribution < -0.4 is 9.47 Å². The molecule has 0 aliphatic carbocycles. The van der Waals surface area contributed by atoms with E-state index in [-0.39, 0.29) is 10.8 Å². The third-order valence-corrected chi connectivity index (χ3v) is 8.32. The van der Waals surface area contributed by atoms with Crippen molar-refractivity contribution < 1.29 is 14.3 Å². The zero-order chi connectivity index (χ0) is 23.5. The van der Waals surface area contributed by atoms with E-state index >= 15 is 0 Å². The average Bonchev–Trinajstić information content (AvgIpc) is 3.37. The van der Waals surface area contributed by atoms with E-state index in [2.05, 4.69) is 48.7 Å². The molecule has 3 aromatic rings. The number of ketones is 1. The molecule has 6 nitrogen and oxygen atoms in total. The van der Waals surface area contributed by atoms with Gasteiger partial charge in [-0.25, -0.2) is 0 Å². The van der Waals surface area contributed by atoms with Gasteiger partial charge in [-0.05, 0) is 70.5 Å². The normalized spacial score (nSPS) is 17.1. The summed E-state index contributed by atoms with van der Waals surface area (Å²) in [5.41, 5.74) is 1.85. The summed E-state index contributed by atoms with van der Waals surface area (Å²) in [4.78, 5) is 13.6. The van der Waals surface area contributed by atoms with E-state index in [1.807, 2.05) is 43.3 Å². The number of thioether (sulfide) groups is 1. The number of ether oxygens (including phenoxy) is 2. The average molecular weight is 656 g/mol. The summed E-state index contributed by atoms with van der Waals surface area (Å²) in [6, 6.07) is 11.7. The van der Waals surface area contributed by atoms with Crippen molar-refractivity contribution in [2.24, 2.45) is 0 Å². The van der Waals surface area contributed by atoms with Gasteiger partial charge in [0.1, 0.15) is 22.5 Å². The second kappa shape index (κ2) is 10.7. The highest BCUT2D eigenvalue weighted by atomic mass is 127. The minimum Gasteiger partial charge on any atom is -0.493 e. The molecule has 1 saturated heterocycles. The van der Waals surface area contributed by atoms with Crippen LogP contribution >= 0.6 is 61.6 Å². The van der Waals surface area contributed by atoms with Crippen molar-refractivity contribution in [1.82, 2.24) is 10.2 Å². The summed E-state index contributed by atoms with van der Waals surface area (Å²) in [5, 5.41) is 18.3. The summed E-state index contributed by atoms with van der Waals surface area (Å²) >= 11 is 8.22. The molecule has 0 spiro atoms. The number of carbonyl (C=O) groups is 1. The monoisotopic (exact) mass is 655 g/mol. The van der Waals surface area contributed by atoms with Gasteiger partial charge in [0.15, 0.2) is 17.3 Å². The molecule has 1 atom stereocenters. The van der Waals surface area contributed by atoms with Crippen LogP contribution in [0.15, 0.2) is 45.8 Å². The van der Waals surface area contributed by atoms with Gasteiger partial charge in [0, 0.05) is 4.47 Å². The summed E-state index contributed by atoms with van der Waals surface area (Å²) in [6.07, 6.45) is 2.56. The molecular weight excluding hydrogens is 637 g/mol. The molecule has 0 unspecified atom stereocenters. The van der Waals surface area contributed by atoms with Crippen LogP contribution in [0.5, 0.6) is 11.5 Å². The number of halogens is 2. The van der Waals surface area contributed by atoms with Gasteiger partial charge in [0.25, 0.3) is 0 Å². The Bertz CT molecular complexity index is 1240. The van der Waals surface area contributed by atoms with E-state index < -0.39 is 5.92 Å². The zero-order valence-corrected chi connectivity index (χ0v) is 23.1.